The molecule has 0 radical (unpaired) electrons. The first-order chi connectivity index (χ1) is 17.3. The summed E-state index contributed by atoms with van der Waals surface area (Å²) in [7, 11) is 2.17. The van der Waals surface area contributed by atoms with E-state index in [-0.39, 0.29) is 0 Å². The SMILES string of the molecule is C=C/C(=C\C(=C/C)c1cc2c(cn1)NC2(C)c1nc2c(N3CCN(C)CC3)cncc2[nH]1)NC(C)C. The largest absolute Gasteiger partial charge is 0.383 e. The van der Waals surface area contributed by atoms with Crippen molar-refractivity contribution >= 4 is 28.0 Å². The molecule has 1 saturated heterocycles. The number of piperazine rings is 1. The fraction of sp³-hybridized carbons (Fsp3) is 0.393. The molecule has 0 spiro atoms. The first-order valence-electron chi connectivity index (χ1n) is 12.7. The van der Waals surface area contributed by atoms with Crippen LogP contribution in [0.1, 0.15) is 44.8 Å². The fourth-order valence-electron chi connectivity index (χ4n) is 4.99. The first kappa shape index (κ1) is 24.1. The number of anilines is 2. The molecule has 0 aromatic carbocycles. The summed E-state index contributed by atoms with van der Waals surface area (Å²) >= 11 is 0. The van der Waals surface area contributed by atoms with Crippen molar-refractivity contribution in [2.24, 2.45) is 0 Å². The number of imidazole rings is 1. The number of aromatic nitrogens is 4. The third kappa shape index (κ3) is 4.26. The quantitative estimate of drug-likeness (QED) is 0.432. The molecule has 0 aliphatic carbocycles. The highest BCUT2D eigenvalue weighted by atomic mass is 15.3. The van der Waals surface area contributed by atoms with Gasteiger partial charge in [-0.25, -0.2) is 4.98 Å². The molecule has 3 aromatic heterocycles. The summed E-state index contributed by atoms with van der Waals surface area (Å²) in [5, 5.41) is 7.01. The highest BCUT2D eigenvalue weighted by Gasteiger charge is 2.43. The zero-order chi connectivity index (χ0) is 25.4. The van der Waals surface area contributed by atoms with Gasteiger partial charge >= 0.3 is 0 Å². The van der Waals surface area contributed by atoms with Crippen molar-refractivity contribution in [1.29, 1.82) is 0 Å². The van der Waals surface area contributed by atoms with Gasteiger partial charge in [0.05, 0.1) is 41.2 Å². The lowest BCUT2D eigenvalue weighted by Gasteiger charge is -2.41. The van der Waals surface area contributed by atoms with Crippen LogP contribution in [0.4, 0.5) is 11.4 Å². The van der Waals surface area contributed by atoms with Crippen LogP contribution in [0.3, 0.4) is 0 Å². The van der Waals surface area contributed by atoms with Crippen molar-refractivity contribution in [3.63, 3.8) is 0 Å². The van der Waals surface area contributed by atoms with Gasteiger partial charge in [0, 0.05) is 43.5 Å². The zero-order valence-corrected chi connectivity index (χ0v) is 21.9. The monoisotopic (exact) mass is 484 g/mol. The number of allylic oxidation sites excluding steroid dienone is 4. The van der Waals surface area contributed by atoms with Crippen molar-refractivity contribution in [2.45, 2.75) is 39.3 Å². The molecule has 3 N–H and O–H groups in total. The average Bonchev–Trinajstić information content (AvgIpc) is 3.31. The van der Waals surface area contributed by atoms with Gasteiger partial charge in [0.2, 0.25) is 0 Å². The standard InChI is InChI=1S/C28H36N8/c1-7-19(13-20(8-2)31-18(3)4)22-14-21-23(16-30-22)34-28(21,5)27-32-24-15-29-17-25(26(24)33-27)36-11-9-35(6)10-12-36/h7-8,13-18,31,34H,2,9-12H2,1,3-6H3,(H,32,33)/b19-7+,20-13+. The van der Waals surface area contributed by atoms with Crippen LogP contribution < -0.4 is 15.5 Å². The number of pyridine rings is 2. The second-order valence-electron chi connectivity index (χ2n) is 10.1. The second-order valence-corrected chi connectivity index (χ2v) is 10.1. The van der Waals surface area contributed by atoms with E-state index in [4.69, 9.17) is 9.97 Å². The lowest BCUT2D eigenvalue weighted by molar-refractivity contribution is 0.313. The van der Waals surface area contributed by atoms with Crippen molar-refractivity contribution in [3.05, 3.63) is 72.2 Å². The van der Waals surface area contributed by atoms with Crippen molar-refractivity contribution < 1.29 is 0 Å². The minimum absolute atomic E-state index is 0.322. The van der Waals surface area contributed by atoms with Crippen molar-refractivity contribution in [1.82, 2.24) is 30.2 Å². The summed E-state index contributed by atoms with van der Waals surface area (Å²) in [4.78, 5) is 22.6. The Balaban J connectivity index is 1.48. The molecule has 0 amide bonds. The van der Waals surface area contributed by atoms with E-state index < -0.39 is 5.54 Å². The minimum atomic E-state index is -0.439. The van der Waals surface area contributed by atoms with Gasteiger partial charge in [-0.1, -0.05) is 12.7 Å². The Morgan fingerprint density at radius 1 is 1.19 bits per heavy atom. The molecule has 188 valence electrons. The topological polar surface area (TPSA) is 85.0 Å². The minimum Gasteiger partial charge on any atom is -0.383 e. The number of hydrogen-bond donors (Lipinski definition) is 3. The Morgan fingerprint density at radius 3 is 2.67 bits per heavy atom. The molecule has 1 unspecified atom stereocenters. The number of nitrogens with one attached hydrogen (secondary N) is 3. The van der Waals surface area contributed by atoms with Gasteiger partial charge in [-0.05, 0) is 58.5 Å². The average molecular weight is 485 g/mol. The molecule has 5 heterocycles. The predicted octanol–water partition coefficient (Wildman–Crippen LogP) is 4.26. The number of nitrogens with zero attached hydrogens (tertiary/aromatic N) is 5. The van der Waals surface area contributed by atoms with Gasteiger partial charge in [0.1, 0.15) is 16.9 Å². The maximum Gasteiger partial charge on any atom is 0.137 e. The third-order valence-electron chi connectivity index (χ3n) is 7.11. The van der Waals surface area contributed by atoms with Gasteiger partial charge in [0.15, 0.2) is 0 Å². The third-order valence-corrected chi connectivity index (χ3v) is 7.11. The summed E-state index contributed by atoms with van der Waals surface area (Å²) in [5.41, 5.74) is 7.73. The van der Waals surface area contributed by atoms with E-state index >= 15 is 0 Å². The Labute approximate surface area is 213 Å². The summed E-state index contributed by atoms with van der Waals surface area (Å²) in [6.45, 7) is 16.4. The van der Waals surface area contributed by atoms with E-state index in [2.05, 4.69) is 83.0 Å². The van der Waals surface area contributed by atoms with E-state index in [0.717, 1.165) is 71.4 Å². The Kier molecular flexibility index (Phi) is 6.30. The molecule has 36 heavy (non-hydrogen) atoms. The zero-order valence-electron chi connectivity index (χ0n) is 21.9. The van der Waals surface area contributed by atoms with Crippen LogP contribution in [0.15, 0.2) is 55.2 Å². The number of likely N-dealkylation sites (N-methyl/N-ethyl adjacent to an activating group) is 1. The molecule has 8 heteroatoms. The molecule has 1 fully saturated rings. The molecule has 1 atom stereocenters. The van der Waals surface area contributed by atoms with Gasteiger partial charge in [-0.15, -0.1) is 0 Å². The van der Waals surface area contributed by atoms with Crippen LogP contribution in [-0.4, -0.2) is 64.1 Å². The second kappa shape index (κ2) is 9.43. The van der Waals surface area contributed by atoms with Crippen molar-refractivity contribution in [3.8, 4) is 0 Å². The van der Waals surface area contributed by atoms with Crippen LogP contribution in [0, 0.1) is 0 Å². The van der Waals surface area contributed by atoms with Gasteiger partial charge in [-0.2, -0.15) is 0 Å². The maximum absolute atomic E-state index is 5.10. The number of hydrogen-bond acceptors (Lipinski definition) is 7. The summed E-state index contributed by atoms with van der Waals surface area (Å²) in [5.74, 6) is 0.886. The maximum atomic E-state index is 5.10. The van der Waals surface area contributed by atoms with Gasteiger partial charge in [0.25, 0.3) is 0 Å². The van der Waals surface area contributed by atoms with Gasteiger partial charge in [-0.3, -0.25) is 9.97 Å². The lowest BCUT2D eigenvalue weighted by atomic mass is 9.82. The van der Waals surface area contributed by atoms with Crippen molar-refractivity contribution in [2.75, 3.05) is 43.4 Å². The highest BCUT2D eigenvalue weighted by Crippen LogP contribution is 2.46. The number of fused-ring (bicyclic) bond motifs is 2. The Bertz CT molecular complexity index is 1340. The number of H-pyrrole nitrogens is 1. The fourth-order valence-corrected chi connectivity index (χ4v) is 4.99. The summed E-state index contributed by atoms with van der Waals surface area (Å²) in [6, 6.07) is 2.49. The molecule has 8 nitrogen and oxygen atoms in total. The highest BCUT2D eigenvalue weighted by molar-refractivity contribution is 5.88. The lowest BCUT2D eigenvalue weighted by Crippen LogP contribution is -2.44. The van der Waals surface area contributed by atoms with Crippen LogP contribution in [0.5, 0.6) is 0 Å². The molecule has 2 aliphatic rings. The first-order valence-corrected chi connectivity index (χ1v) is 12.7. The molecule has 5 rings (SSSR count). The van der Waals surface area contributed by atoms with E-state index in [9.17, 15) is 0 Å². The van der Waals surface area contributed by atoms with Crippen LogP contribution in [0.25, 0.3) is 16.6 Å². The van der Waals surface area contributed by atoms with E-state index in [1.165, 1.54) is 5.56 Å². The number of rotatable bonds is 7. The van der Waals surface area contributed by atoms with Gasteiger partial charge < -0.3 is 25.4 Å². The Morgan fingerprint density at radius 2 is 1.97 bits per heavy atom. The summed E-state index contributed by atoms with van der Waals surface area (Å²) < 4.78 is 0. The number of aromatic amines is 1. The molecule has 2 aliphatic heterocycles. The van der Waals surface area contributed by atoms with E-state index in [0.29, 0.717) is 6.04 Å². The predicted molar refractivity (Wildman–Crippen MR) is 148 cm³/mol. The molecular formula is C28H36N8. The summed E-state index contributed by atoms with van der Waals surface area (Å²) in [6.07, 6.45) is 11.7. The normalized spacial score (nSPS) is 20.8. The van der Waals surface area contributed by atoms with Crippen LogP contribution in [-0.2, 0) is 5.54 Å². The van der Waals surface area contributed by atoms with E-state index in [1.54, 1.807) is 0 Å². The molecule has 0 saturated carbocycles. The smallest absolute Gasteiger partial charge is 0.137 e. The Hall–Kier alpha value is -3.65. The van der Waals surface area contributed by atoms with Crippen LogP contribution in [0.2, 0.25) is 0 Å². The molecule has 0 bridgehead atoms. The molecule has 3 aromatic rings. The van der Waals surface area contributed by atoms with E-state index in [1.807, 2.05) is 31.6 Å². The molecular weight excluding hydrogens is 448 g/mol. The van der Waals surface area contributed by atoms with Crippen LogP contribution >= 0.6 is 0 Å².